The van der Waals surface area contributed by atoms with E-state index in [0.717, 1.165) is 18.4 Å². The van der Waals surface area contributed by atoms with Crippen molar-refractivity contribution in [1.29, 1.82) is 0 Å². The van der Waals surface area contributed by atoms with E-state index in [9.17, 15) is 14.4 Å². The lowest BCUT2D eigenvalue weighted by atomic mass is 9.82. The van der Waals surface area contributed by atoms with E-state index in [1.165, 1.54) is 24.0 Å². The van der Waals surface area contributed by atoms with Gasteiger partial charge in [-0.05, 0) is 67.5 Å². The summed E-state index contributed by atoms with van der Waals surface area (Å²) in [5.74, 6) is 0.687. The third-order valence-electron chi connectivity index (χ3n) is 7.60. The number of hydrogen-bond acceptors (Lipinski definition) is 4. The molecule has 34 heavy (non-hydrogen) atoms. The van der Waals surface area contributed by atoms with E-state index in [0.29, 0.717) is 54.3 Å². The van der Waals surface area contributed by atoms with Gasteiger partial charge in [-0.2, -0.15) is 0 Å². The Labute approximate surface area is 205 Å². The van der Waals surface area contributed by atoms with E-state index in [1.54, 1.807) is 6.07 Å². The monoisotopic (exact) mass is 479 g/mol. The number of fused-ring (bicyclic) bond motifs is 2. The van der Waals surface area contributed by atoms with E-state index >= 15 is 0 Å². The SMILES string of the molecule is Cc1cc(Cl)cc2c1OC1(CCN(C(=O)CCC(=O)c3ccc4c(c3)CCCC4)CC1)CC2=O. The van der Waals surface area contributed by atoms with Crippen LogP contribution in [0.15, 0.2) is 30.3 Å². The maximum atomic E-state index is 12.8. The molecule has 1 fully saturated rings. The van der Waals surface area contributed by atoms with Crippen LogP contribution in [-0.2, 0) is 17.6 Å². The molecule has 5 rings (SSSR count). The Balaban J connectivity index is 1.17. The van der Waals surface area contributed by atoms with Gasteiger partial charge >= 0.3 is 0 Å². The van der Waals surface area contributed by atoms with Gasteiger partial charge in [0, 0.05) is 49.4 Å². The molecule has 1 saturated heterocycles. The molecule has 1 spiro atoms. The number of likely N-dealkylation sites (tertiary alicyclic amines) is 1. The fraction of sp³-hybridized carbons (Fsp3) is 0.464. The van der Waals surface area contributed by atoms with E-state index in [-0.39, 0.29) is 30.3 Å². The lowest BCUT2D eigenvalue weighted by molar-refractivity contribution is -0.134. The quantitative estimate of drug-likeness (QED) is 0.542. The Morgan fingerprint density at radius 3 is 2.53 bits per heavy atom. The first-order chi connectivity index (χ1) is 16.3. The van der Waals surface area contributed by atoms with Crippen LogP contribution < -0.4 is 4.74 Å². The normalized spacial score (nSPS) is 18.8. The molecule has 178 valence electrons. The van der Waals surface area contributed by atoms with Crippen molar-refractivity contribution in [3.8, 4) is 5.75 Å². The van der Waals surface area contributed by atoms with Crippen LogP contribution in [-0.4, -0.2) is 41.1 Å². The van der Waals surface area contributed by atoms with Crippen molar-refractivity contribution in [2.24, 2.45) is 0 Å². The summed E-state index contributed by atoms with van der Waals surface area (Å²) in [6.07, 6.45) is 6.46. The highest BCUT2D eigenvalue weighted by Gasteiger charge is 2.44. The van der Waals surface area contributed by atoms with Crippen molar-refractivity contribution >= 4 is 29.1 Å². The molecule has 2 aliphatic heterocycles. The fourth-order valence-corrected chi connectivity index (χ4v) is 5.86. The Kier molecular flexibility index (Phi) is 6.24. The summed E-state index contributed by atoms with van der Waals surface area (Å²) >= 11 is 6.12. The molecule has 0 N–H and O–H groups in total. The van der Waals surface area contributed by atoms with Crippen molar-refractivity contribution in [2.75, 3.05) is 13.1 Å². The minimum Gasteiger partial charge on any atom is -0.486 e. The second-order valence-electron chi connectivity index (χ2n) is 9.98. The topological polar surface area (TPSA) is 63.7 Å². The number of amides is 1. The minimum absolute atomic E-state index is 0.00772. The van der Waals surface area contributed by atoms with Crippen LogP contribution in [0.25, 0.3) is 0 Å². The fourth-order valence-electron chi connectivity index (χ4n) is 5.59. The molecule has 0 aromatic heterocycles. The predicted octanol–water partition coefficient (Wildman–Crippen LogP) is 5.52. The van der Waals surface area contributed by atoms with E-state index in [2.05, 4.69) is 6.07 Å². The molecule has 2 aromatic rings. The highest BCUT2D eigenvalue weighted by atomic mass is 35.5. The molecule has 1 aliphatic carbocycles. The van der Waals surface area contributed by atoms with Crippen LogP contribution in [0.1, 0.15) is 82.4 Å². The molecule has 5 nitrogen and oxygen atoms in total. The van der Waals surface area contributed by atoms with Crippen molar-refractivity contribution in [3.05, 3.63) is 63.2 Å². The number of ether oxygens (including phenoxy) is 1. The maximum absolute atomic E-state index is 12.8. The number of aryl methyl sites for hydroxylation is 3. The Morgan fingerprint density at radius 2 is 1.76 bits per heavy atom. The summed E-state index contributed by atoms with van der Waals surface area (Å²) in [5.41, 5.74) is 4.19. The van der Waals surface area contributed by atoms with Crippen LogP contribution in [0.3, 0.4) is 0 Å². The summed E-state index contributed by atoms with van der Waals surface area (Å²) in [5, 5.41) is 0.537. The number of rotatable bonds is 4. The van der Waals surface area contributed by atoms with Gasteiger partial charge in [0.2, 0.25) is 5.91 Å². The predicted molar refractivity (Wildman–Crippen MR) is 131 cm³/mol. The smallest absolute Gasteiger partial charge is 0.223 e. The summed E-state index contributed by atoms with van der Waals surface area (Å²) in [4.78, 5) is 40.2. The zero-order valence-electron chi connectivity index (χ0n) is 19.6. The number of halogens is 1. The zero-order valence-corrected chi connectivity index (χ0v) is 20.4. The van der Waals surface area contributed by atoms with Gasteiger partial charge < -0.3 is 9.64 Å². The maximum Gasteiger partial charge on any atom is 0.223 e. The van der Waals surface area contributed by atoms with Crippen molar-refractivity contribution in [2.45, 2.75) is 70.3 Å². The molecule has 0 radical (unpaired) electrons. The summed E-state index contributed by atoms with van der Waals surface area (Å²) in [6, 6.07) is 9.50. The van der Waals surface area contributed by atoms with Crippen molar-refractivity contribution < 1.29 is 19.1 Å². The van der Waals surface area contributed by atoms with Crippen LogP contribution in [0, 0.1) is 6.92 Å². The first-order valence-corrected chi connectivity index (χ1v) is 12.7. The average Bonchev–Trinajstić information content (AvgIpc) is 2.83. The molecule has 2 heterocycles. The second kappa shape index (κ2) is 9.18. The number of Topliss-reactive ketones (excluding diaryl/α,β-unsaturated/α-hetero) is 2. The van der Waals surface area contributed by atoms with E-state index < -0.39 is 5.60 Å². The molecule has 2 aromatic carbocycles. The third-order valence-corrected chi connectivity index (χ3v) is 7.82. The lowest BCUT2D eigenvalue weighted by Crippen LogP contribution is -2.52. The van der Waals surface area contributed by atoms with E-state index in [4.69, 9.17) is 16.3 Å². The van der Waals surface area contributed by atoms with Gasteiger partial charge in [-0.1, -0.05) is 23.7 Å². The Hall–Kier alpha value is -2.66. The zero-order chi connectivity index (χ0) is 23.9. The van der Waals surface area contributed by atoms with Crippen LogP contribution >= 0.6 is 11.6 Å². The number of benzene rings is 2. The van der Waals surface area contributed by atoms with Crippen LogP contribution in [0.4, 0.5) is 0 Å². The number of carbonyl (C=O) groups excluding carboxylic acids is 3. The van der Waals surface area contributed by atoms with Gasteiger partial charge in [0.15, 0.2) is 11.6 Å². The van der Waals surface area contributed by atoms with Crippen molar-refractivity contribution in [1.82, 2.24) is 4.90 Å². The number of nitrogens with zero attached hydrogens (tertiary/aromatic N) is 1. The van der Waals surface area contributed by atoms with Gasteiger partial charge in [0.25, 0.3) is 0 Å². The molecule has 0 unspecified atom stereocenters. The molecule has 0 saturated carbocycles. The molecule has 6 heteroatoms. The lowest BCUT2D eigenvalue weighted by Gasteiger charge is -2.44. The van der Waals surface area contributed by atoms with Gasteiger partial charge in [0.1, 0.15) is 11.4 Å². The van der Waals surface area contributed by atoms with Crippen molar-refractivity contribution in [3.63, 3.8) is 0 Å². The largest absolute Gasteiger partial charge is 0.486 e. The third kappa shape index (κ3) is 4.50. The minimum atomic E-state index is -0.571. The summed E-state index contributed by atoms with van der Waals surface area (Å²) < 4.78 is 6.37. The van der Waals surface area contributed by atoms with Crippen LogP contribution in [0.2, 0.25) is 5.02 Å². The summed E-state index contributed by atoms with van der Waals surface area (Å²) in [6.45, 7) is 2.96. The van der Waals surface area contributed by atoms with Gasteiger partial charge in [0.05, 0.1) is 12.0 Å². The molecular weight excluding hydrogens is 450 g/mol. The molecule has 3 aliphatic rings. The Morgan fingerprint density at radius 1 is 1.03 bits per heavy atom. The van der Waals surface area contributed by atoms with Crippen LogP contribution in [0.5, 0.6) is 5.75 Å². The number of ketones is 2. The molecule has 0 atom stereocenters. The number of piperidine rings is 1. The highest BCUT2D eigenvalue weighted by molar-refractivity contribution is 6.31. The Bertz CT molecular complexity index is 1160. The second-order valence-corrected chi connectivity index (χ2v) is 10.4. The van der Waals surface area contributed by atoms with Gasteiger partial charge in [-0.3, -0.25) is 14.4 Å². The average molecular weight is 480 g/mol. The first-order valence-electron chi connectivity index (χ1n) is 12.3. The van der Waals surface area contributed by atoms with Gasteiger partial charge in [-0.15, -0.1) is 0 Å². The summed E-state index contributed by atoms with van der Waals surface area (Å²) in [7, 11) is 0. The molecule has 0 bridgehead atoms. The highest BCUT2D eigenvalue weighted by Crippen LogP contribution is 2.42. The van der Waals surface area contributed by atoms with Gasteiger partial charge in [-0.25, -0.2) is 0 Å². The number of carbonyl (C=O) groups is 3. The molecular formula is C28H30ClNO4. The standard InChI is InChI=1S/C28H30ClNO4/c1-18-14-22(29)16-23-25(32)17-28(34-27(18)23)10-12-30(13-11-28)26(33)9-8-24(31)21-7-6-19-4-2-3-5-20(19)15-21/h6-7,14-16H,2-5,8-13,17H2,1H3. The molecule has 1 amide bonds. The number of hydrogen-bond donors (Lipinski definition) is 0. The van der Waals surface area contributed by atoms with E-state index in [1.807, 2.05) is 30.0 Å². The first kappa shape index (κ1) is 23.1.